The van der Waals surface area contributed by atoms with E-state index in [0.717, 1.165) is 43.1 Å². The predicted octanol–water partition coefficient (Wildman–Crippen LogP) is 2.34. The summed E-state index contributed by atoms with van der Waals surface area (Å²) in [7, 11) is 0. The molecule has 1 aliphatic heterocycles. The summed E-state index contributed by atoms with van der Waals surface area (Å²) < 4.78 is 0. The highest BCUT2D eigenvalue weighted by molar-refractivity contribution is 7.09. The first-order valence-corrected chi connectivity index (χ1v) is 7.19. The molecule has 0 unspecified atom stereocenters. The maximum absolute atomic E-state index is 12.5. The maximum atomic E-state index is 12.5. The number of hydrogen-bond acceptors (Lipinski definition) is 4. The zero-order valence-electron chi connectivity index (χ0n) is 10.6. The van der Waals surface area contributed by atoms with E-state index < -0.39 is 0 Å². The number of rotatable bonds is 4. The van der Waals surface area contributed by atoms with Crippen LogP contribution in [0.2, 0.25) is 0 Å². The lowest BCUT2D eigenvalue weighted by molar-refractivity contribution is -0.129. The third kappa shape index (κ3) is 2.75. The van der Waals surface area contributed by atoms with Crippen LogP contribution in [-0.2, 0) is 11.2 Å². The molecule has 2 heterocycles. The molecule has 0 saturated carbocycles. The number of hydrogen-bond donors (Lipinski definition) is 1. The van der Waals surface area contributed by atoms with Crippen LogP contribution in [-0.4, -0.2) is 23.9 Å². The van der Waals surface area contributed by atoms with Gasteiger partial charge in [0.25, 0.3) is 0 Å². The van der Waals surface area contributed by atoms with Crippen LogP contribution in [0.15, 0.2) is 5.38 Å². The fraction of sp³-hybridized carbons (Fsp3) is 0.692. The van der Waals surface area contributed by atoms with E-state index in [1.807, 2.05) is 12.3 Å². The summed E-state index contributed by atoms with van der Waals surface area (Å²) in [5.41, 5.74) is 0.929. The highest BCUT2D eigenvalue weighted by atomic mass is 32.1. The summed E-state index contributed by atoms with van der Waals surface area (Å²) in [6.45, 7) is 6.05. The molecule has 3 nitrogen and oxygen atoms in total. The molecule has 17 heavy (non-hydrogen) atoms. The topological polar surface area (TPSA) is 42.0 Å². The van der Waals surface area contributed by atoms with Crippen LogP contribution in [0.4, 0.5) is 0 Å². The fourth-order valence-electron chi connectivity index (χ4n) is 2.54. The Morgan fingerprint density at radius 1 is 1.53 bits per heavy atom. The second kappa shape index (κ2) is 5.27. The summed E-state index contributed by atoms with van der Waals surface area (Å²) in [6.07, 6.45) is 3.43. The van der Waals surface area contributed by atoms with Gasteiger partial charge in [0, 0.05) is 16.5 Å². The SMILES string of the molecule is CCC1(C(=O)Cc2nc(C)cs2)CCNCC1. The number of carbonyl (C=O) groups is 1. The van der Waals surface area contributed by atoms with E-state index in [4.69, 9.17) is 0 Å². The Morgan fingerprint density at radius 3 is 2.76 bits per heavy atom. The van der Waals surface area contributed by atoms with Crippen LogP contribution in [0.25, 0.3) is 0 Å². The lowest BCUT2D eigenvalue weighted by atomic mass is 9.72. The molecule has 0 aromatic carbocycles. The Kier molecular flexibility index (Phi) is 3.94. The number of aryl methyl sites for hydroxylation is 1. The summed E-state index contributed by atoms with van der Waals surface area (Å²) in [5.74, 6) is 0.385. The smallest absolute Gasteiger partial charge is 0.145 e. The molecule has 0 radical (unpaired) electrons. The molecule has 1 N–H and O–H groups in total. The van der Waals surface area contributed by atoms with Crippen LogP contribution in [0.5, 0.6) is 0 Å². The van der Waals surface area contributed by atoms with E-state index in [-0.39, 0.29) is 5.41 Å². The number of piperidine rings is 1. The third-order valence-electron chi connectivity index (χ3n) is 3.81. The van der Waals surface area contributed by atoms with Crippen molar-refractivity contribution in [3.05, 3.63) is 16.1 Å². The van der Waals surface area contributed by atoms with Crippen molar-refractivity contribution in [3.63, 3.8) is 0 Å². The minimum atomic E-state index is -0.0924. The molecule has 1 aromatic heterocycles. The number of ketones is 1. The zero-order chi connectivity index (χ0) is 12.3. The third-order valence-corrected chi connectivity index (χ3v) is 4.77. The first kappa shape index (κ1) is 12.7. The van der Waals surface area contributed by atoms with Crippen molar-refractivity contribution < 1.29 is 4.79 Å². The van der Waals surface area contributed by atoms with E-state index in [0.29, 0.717) is 12.2 Å². The Labute approximate surface area is 107 Å². The summed E-state index contributed by atoms with van der Waals surface area (Å²) >= 11 is 1.60. The van der Waals surface area contributed by atoms with Gasteiger partial charge < -0.3 is 5.32 Å². The first-order valence-electron chi connectivity index (χ1n) is 6.31. The molecule has 1 fully saturated rings. The predicted molar refractivity (Wildman–Crippen MR) is 70.4 cm³/mol. The van der Waals surface area contributed by atoms with Crippen LogP contribution in [0, 0.1) is 12.3 Å². The van der Waals surface area contributed by atoms with Gasteiger partial charge in [0.05, 0.1) is 6.42 Å². The average molecular weight is 252 g/mol. The molecule has 1 aliphatic rings. The molecule has 4 heteroatoms. The van der Waals surface area contributed by atoms with Gasteiger partial charge in [0.2, 0.25) is 0 Å². The maximum Gasteiger partial charge on any atom is 0.145 e. The van der Waals surface area contributed by atoms with E-state index in [1.54, 1.807) is 11.3 Å². The van der Waals surface area contributed by atoms with E-state index in [9.17, 15) is 4.79 Å². The Balaban J connectivity index is 2.07. The van der Waals surface area contributed by atoms with Gasteiger partial charge in [-0.3, -0.25) is 4.79 Å². The number of nitrogens with zero attached hydrogens (tertiary/aromatic N) is 1. The number of thiazole rings is 1. The molecular weight excluding hydrogens is 232 g/mol. The van der Waals surface area contributed by atoms with E-state index in [2.05, 4.69) is 17.2 Å². The first-order chi connectivity index (χ1) is 8.16. The van der Waals surface area contributed by atoms with Gasteiger partial charge in [0.15, 0.2) is 0 Å². The van der Waals surface area contributed by atoms with Gasteiger partial charge in [-0.25, -0.2) is 4.98 Å². The number of nitrogens with one attached hydrogen (secondary N) is 1. The van der Waals surface area contributed by atoms with Crippen molar-refractivity contribution >= 4 is 17.1 Å². The van der Waals surface area contributed by atoms with Gasteiger partial charge in [-0.15, -0.1) is 11.3 Å². The molecule has 0 amide bonds. The van der Waals surface area contributed by atoms with Crippen molar-refractivity contribution in [2.75, 3.05) is 13.1 Å². The second-order valence-corrected chi connectivity index (χ2v) is 5.81. The van der Waals surface area contributed by atoms with E-state index in [1.165, 1.54) is 0 Å². The minimum Gasteiger partial charge on any atom is -0.317 e. The molecule has 0 bridgehead atoms. The fourth-order valence-corrected chi connectivity index (χ4v) is 3.31. The van der Waals surface area contributed by atoms with Gasteiger partial charge in [-0.05, 0) is 39.3 Å². The Morgan fingerprint density at radius 2 is 2.24 bits per heavy atom. The number of carbonyl (C=O) groups excluding carboxylic acids is 1. The van der Waals surface area contributed by atoms with Crippen LogP contribution in [0.1, 0.15) is 36.9 Å². The molecule has 1 saturated heterocycles. The normalized spacial score (nSPS) is 19.2. The van der Waals surface area contributed by atoms with Gasteiger partial charge in [0.1, 0.15) is 10.8 Å². The van der Waals surface area contributed by atoms with Crippen molar-refractivity contribution in [1.82, 2.24) is 10.3 Å². The molecule has 0 atom stereocenters. The molecule has 0 aliphatic carbocycles. The molecular formula is C13H20N2OS. The molecule has 94 valence electrons. The Bertz CT molecular complexity index is 394. The van der Waals surface area contributed by atoms with Gasteiger partial charge in [-0.2, -0.15) is 0 Å². The highest BCUT2D eigenvalue weighted by Crippen LogP contribution is 2.34. The summed E-state index contributed by atoms with van der Waals surface area (Å²) in [6, 6.07) is 0. The summed E-state index contributed by atoms with van der Waals surface area (Å²) in [5, 5.41) is 6.32. The lowest BCUT2D eigenvalue weighted by Crippen LogP contribution is -2.42. The van der Waals surface area contributed by atoms with Crippen LogP contribution in [0.3, 0.4) is 0 Å². The summed E-state index contributed by atoms with van der Waals surface area (Å²) in [4.78, 5) is 16.9. The van der Waals surface area contributed by atoms with Crippen molar-refractivity contribution in [1.29, 1.82) is 0 Å². The van der Waals surface area contributed by atoms with Gasteiger partial charge in [-0.1, -0.05) is 6.92 Å². The van der Waals surface area contributed by atoms with Crippen molar-refractivity contribution in [3.8, 4) is 0 Å². The van der Waals surface area contributed by atoms with Crippen molar-refractivity contribution in [2.45, 2.75) is 39.5 Å². The van der Waals surface area contributed by atoms with Gasteiger partial charge >= 0.3 is 0 Å². The number of aromatic nitrogens is 1. The largest absolute Gasteiger partial charge is 0.317 e. The highest BCUT2D eigenvalue weighted by Gasteiger charge is 2.37. The number of Topliss-reactive ketones (excluding diaryl/α,β-unsaturated/α-hetero) is 1. The lowest BCUT2D eigenvalue weighted by Gasteiger charge is -2.35. The molecule has 2 rings (SSSR count). The zero-order valence-corrected chi connectivity index (χ0v) is 11.4. The molecule has 1 aromatic rings. The van der Waals surface area contributed by atoms with E-state index >= 15 is 0 Å². The monoisotopic (exact) mass is 252 g/mol. The quantitative estimate of drug-likeness (QED) is 0.894. The minimum absolute atomic E-state index is 0.0924. The van der Waals surface area contributed by atoms with Crippen LogP contribution < -0.4 is 5.32 Å². The standard InChI is InChI=1S/C13H20N2OS/c1-3-13(4-6-14-7-5-13)11(16)8-12-15-10(2)9-17-12/h9,14H,3-8H2,1-2H3. The Hall–Kier alpha value is -0.740. The molecule has 0 spiro atoms. The second-order valence-electron chi connectivity index (χ2n) is 4.87. The van der Waals surface area contributed by atoms with Crippen LogP contribution >= 0.6 is 11.3 Å². The van der Waals surface area contributed by atoms with Crippen molar-refractivity contribution in [2.24, 2.45) is 5.41 Å². The average Bonchev–Trinajstić information content (AvgIpc) is 2.75.